The van der Waals surface area contributed by atoms with Crippen LogP contribution < -0.4 is 10.6 Å². The minimum atomic E-state index is -0.695. The first kappa shape index (κ1) is 15.4. The van der Waals surface area contributed by atoms with Crippen LogP contribution in [-0.4, -0.2) is 23.4 Å². The van der Waals surface area contributed by atoms with Gasteiger partial charge in [-0.2, -0.15) is 5.26 Å². The summed E-state index contributed by atoms with van der Waals surface area (Å²) in [5.74, 6) is -1.34. The first-order chi connectivity index (χ1) is 7.71. The van der Waals surface area contributed by atoms with Crippen LogP contribution in [0.1, 0.15) is 41.0 Å². The Hall–Kier alpha value is -1.57. The van der Waals surface area contributed by atoms with Gasteiger partial charge in [0.2, 0.25) is 11.8 Å². The molecule has 17 heavy (non-hydrogen) atoms. The Labute approximate surface area is 103 Å². The summed E-state index contributed by atoms with van der Waals surface area (Å²) < 4.78 is 0. The Morgan fingerprint density at radius 1 is 1.29 bits per heavy atom. The smallest absolute Gasteiger partial charge is 0.242 e. The van der Waals surface area contributed by atoms with E-state index in [9.17, 15) is 9.59 Å². The molecule has 5 nitrogen and oxygen atoms in total. The number of amides is 2. The van der Waals surface area contributed by atoms with Gasteiger partial charge in [-0.1, -0.05) is 6.92 Å². The normalized spacial score (nSPS) is 14.4. The highest BCUT2D eigenvalue weighted by molar-refractivity contribution is 5.89. The number of rotatable bonds is 4. The molecule has 0 saturated carbocycles. The molecule has 2 atom stereocenters. The Morgan fingerprint density at radius 2 is 1.82 bits per heavy atom. The van der Waals surface area contributed by atoms with Gasteiger partial charge in [-0.25, -0.2) is 0 Å². The van der Waals surface area contributed by atoms with Gasteiger partial charge in [-0.15, -0.1) is 0 Å². The molecular weight excluding hydrogens is 218 g/mol. The lowest BCUT2D eigenvalue weighted by atomic mass is 10.1. The number of hydrogen-bond donors (Lipinski definition) is 2. The molecule has 0 aliphatic heterocycles. The second-order valence-electron chi connectivity index (χ2n) is 5.06. The molecule has 2 unspecified atom stereocenters. The lowest BCUT2D eigenvalue weighted by molar-refractivity contribution is -0.130. The number of nitrogens with zero attached hydrogens (tertiary/aromatic N) is 1. The van der Waals surface area contributed by atoms with E-state index in [1.54, 1.807) is 13.8 Å². The zero-order valence-electron chi connectivity index (χ0n) is 11.1. The lowest BCUT2D eigenvalue weighted by Crippen LogP contribution is -2.51. The van der Waals surface area contributed by atoms with Gasteiger partial charge in [0.05, 0.1) is 6.07 Å². The van der Waals surface area contributed by atoms with E-state index < -0.39 is 17.9 Å². The summed E-state index contributed by atoms with van der Waals surface area (Å²) in [5.41, 5.74) is -0.338. The molecule has 0 spiro atoms. The van der Waals surface area contributed by atoms with Crippen molar-refractivity contribution >= 4 is 11.8 Å². The molecule has 0 aromatic rings. The molecule has 0 aliphatic carbocycles. The van der Waals surface area contributed by atoms with E-state index in [0.29, 0.717) is 6.42 Å². The van der Waals surface area contributed by atoms with Crippen LogP contribution >= 0.6 is 0 Å². The number of carbonyl (C=O) groups is 2. The van der Waals surface area contributed by atoms with E-state index in [1.165, 1.54) is 0 Å². The molecule has 0 rings (SSSR count). The second-order valence-corrected chi connectivity index (χ2v) is 5.06. The van der Waals surface area contributed by atoms with Crippen LogP contribution in [0.4, 0.5) is 0 Å². The van der Waals surface area contributed by atoms with Crippen molar-refractivity contribution in [2.24, 2.45) is 5.92 Å². The first-order valence-corrected chi connectivity index (χ1v) is 5.73. The van der Waals surface area contributed by atoms with Crippen LogP contribution in [0.5, 0.6) is 0 Å². The maximum absolute atomic E-state index is 11.7. The summed E-state index contributed by atoms with van der Waals surface area (Å²) in [6.07, 6.45) is 0.440. The molecule has 0 bridgehead atoms. The van der Waals surface area contributed by atoms with Crippen LogP contribution in [0.15, 0.2) is 0 Å². The van der Waals surface area contributed by atoms with Gasteiger partial charge in [0.25, 0.3) is 0 Å². The van der Waals surface area contributed by atoms with Crippen LogP contribution in [0.2, 0.25) is 0 Å². The number of nitrogens with one attached hydrogen (secondary N) is 2. The van der Waals surface area contributed by atoms with Crippen molar-refractivity contribution in [1.29, 1.82) is 5.26 Å². The van der Waals surface area contributed by atoms with Crippen LogP contribution in [-0.2, 0) is 9.59 Å². The van der Waals surface area contributed by atoms with Crippen LogP contribution in [0, 0.1) is 17.2 Å². The fraction of sp³-hybridized carbons (Fsp3) is 0.750. The van der Waals surface area contributed by atoms with Crippen molar-refractivity contribution in [2.45, 2.75) is 52.6 Å². The Bertz CT molecular complexity index is 326. The van der Waals surface area contributed by atoms with E-state index >= 15 is 0 Å². The third-order valence-corrected chi connectivity index (χ3v) is 2.13. The largest absolute Gasteiger partial charge is 0.350 e. The highest BCUT2D eigenvalue weighted by atomic mass is 16.2. The van der Waals surface area contributed by atoms with Gasteiger partial charge in [-0.3, -0.25) is 9.59 Å². The van der Waals surface area contributed by atoms with Gasteiger partial charge in [0, 0.05) is 5.54 Å². The van der Waals surface area contributed by atoms with Gasteiger partial charge in [-0.05, 0) is 34.1 Å². The van der Waals surface area contributed by atoms with Crippen molar-refractivity contribution in [3.05, 3.63) is 0 Å². The van der Waals surface area contributed by atoms with Crippen molar-refractivity contribution in [2.75, 3.05) is 0 Å². The van der Waals surface area contributed by atoms with Gasteiger partial charge >= 0.3 is 0 Å². The summed E-state index contributed by atoms with van der Waals surface area (Å²) in [6, 6.07) is 1.27. The molecule has 5 heteroatoms. The highest BCUT2D eigenvalue weighted by Crippen LogP contribution is 2.02. The quantitative estimate of drug-likeness (QED) is 0.766. The van der Waals surface area contributed by atoms with Crippen molar-refractivity contribution in [3.8, 4) is 6.07 Å². The maximum Gasteiger partial charge on any atom is 0.242 e. The standard InChI is InChI=1S/C12H21N3O2/c1-6-9(7-13)11(17)14-8(2)10(16)15-12(3,4)5/h8-9H,6H2,1-5H3,(H,14,17)(H,15,16). The van der Waals surface area contributed by atoms with Gasteiger partial charge < -0.3 is 10.6 Å². The number of carbonyl (C=O) groups excluding carboxylic acids is 2. The molecule has 0 aliphatic rings. The van der Waals surface area contributed by atoms with Crippen LogP contribution in [0.25, 0.3) is 0 Å². The lowest BCUT2D eigenvalue weighted by Gasteiger charge is -2.24. The van der Waals surface area contributed by atoms with Crippen LogP contribution in [0.3, 0.4) is 0 Å². The molecule has 0 saturated heterocycles. The fourth-order valence-electron chi connectivity index (χ4n) is 1.19. The summed E-state index contributed by atoms with van der Waals surface area (Å²) in [4.78, 5) is 23.3. The topological polar surface area (TPSA) is 82.0 Å². The summed E-state index contributed by atoms with van der Waals surface area (Å²) in [7, 11) is 0. The predicted molar refractivity (Wildman–Crippen MR) is 64.9 cm³/mol. The van der Waals surface area contributed by atoms with E-state index in [1.807, 2.05) is 26.8 Å². The highest BCUT2D eigenvalue weighted by Gasteiger charge is 2.23. The Kier molecular flexibility index (Phi) is 5.66. The average molecular weight is 239 g/mol. The molecule has 96 valence electrons. The minimum Gasteiger partial charge on any atom is -0.350 e. The Morgan fingerprint density at radius 3 is 2.18 bits per heavy atom. The van der Waals surface area contributed by atoms with Crippen molar-refractivity contribution < 1.29 is 9.59 Å². The second kappa shape index (κ2) is 6.24. The summed E-state index contributed by atoms with van der Waals surface area (Å²) in [6.45, 7) is 8.95. The van der Waals surface area contributed by atoms with Crippen molar-refractivity contribution in [1.82, 2.24) is 10.6 Å². The maximum atomic E-state index is 11.7. The van der Waals surface area contributed by atoms with E-state index in [-0.39, 0.29) is 11.4 Å². The first-order valence-electron chi connectivity index (χ1n) is 5.73. The van der Waals surface area contributed by atoms with E-state index in [4.69, 9.17) is 5.26 Å². The van der Waals surface area contributed by atoms with E-state index in [2.05, 4.69) is 10.6 Å². The molecule has 0 heterocycles. The molecular formula is C12H21N3O2. The molecule has 2 N–H and O–H groups in total. The molecule has 0 fully saturated rings. The predicted octanol–water partition coefficient (Wildman–Crippen LogP) is 0.956. The van der Waals surface area contributed by atoms with E-state index in [0.717, 1.165) is 0 Å². The molecule has 2 amide bonds. The summed E-state index contributed by atoms with van der Waals surface area (Å²) >= 11 is 0. The van der Waals surface area contributed by atoms with Gasteiger partial charge in [0.1, 0.15) is 12.0 Å². The number of nitriles is 1. The molecule has 0 aromatic heterocycles. The minimum absolute atomic E-state index is 0.251. The zero-order valence-corrected chi connectivity index (χ0v) is 11.1. The Balaban J connectivity index is 4.36. The summed E-state index contributed by atoms with van der Waals surface area (Å²) in [5, 5.41) is 14.0. The fourth-order valence-corrected chi connectivity index (χ4v) is 1.19. The van der Waals surface area contributed by atoms with Crippen molar-refractivity contribution in [3.63, 3.8) is 0 Å². The monoisotopic (exact) mass is 239 g/mol. The third kappa shape index (κ3) is 5.91. The SMILES string of the molecule is CCC(C#N)C(=O)NC(C)C(=O)NC(C)(C)C. The number of hydrogen-bond acceptors (Lipinski definition) is 3. The molecule has 0 aromatic carbocycles. The molecule has 0 radical (unpaired) electrons. The zero-order chi connectivity index (χ0) is 13.6. The van der Waals surface area contributed by atoms with Gasteiger partial charge in [0.15, 0.2) is 0 Å². The third-order valence-electron chi connectivity index (χ3n) is 2.13. The average Bonchev–Trinajstić information content (AvgIpc) is 2.16.